The lowest BCUT2D eigenvalue weighted by atomic mass is 9.70. The number of hydrogen-bond acceptors (Lipinski definition) is 5. The van der Waals surface area contributed by atoms with Gasteiger partial charge in [-0.25, -0.2) is 0 Å². The van der Waals surface area contributed by atoms with Crippen molar-refractivity contribution in [2.75, 3.05) is 0 Å². The zero-order chi connectivity index (χ0) is 13.0. The number of piperidine rings is 1. The molecule has 0 aromatic rings. The van der Waals surface area contributed by atoms with Crippen LogP contribution in [0.2, 0.25) is 0 Å². The SMILES string of the molecule is CC1C2C(N)=C(C(N)=O)C1(C#N)C(=O)NC2O. The molecule has 90 valence electrons. The zero-order valence-corrected chi connectivity index (χ0v) is 9.10. The molecule has 1 heterocycles. The molecule has 0 saturated carbocycles. The lowest BCUT2D eigenvalue weighted by Crippen LogP contribution is -2.57. The molecule has 1 fully saturated rings. The molecule has 2 bridgehead atoms. The van der Waals surface area contributed by atoms with E-state index in [-0.39, 0.29) is 11.3 Å². The molecule has 7 nitrogen and oxygen atoms in total. The van der Waals surface area contributed by atoms with Crippen molar-refractivity contribution in [2.24, 2.45) is 28.7 Å². The van der Waals surface area contributed by atoms with E-state index in [9.17, 15) is 20.0 Å². The summed E-state index contributed by atoms with van der Waals surface area (Å²) in [5.41, 5.74) is 9.09. The number of fused-ring (bicyclic) bond motifs is 2. The molecular formula is C10H12N4O3. The number of nitrogens with zero attached hydrogens (tertiary/aromatic N) is 1. The van der Waals surface area contributed by atoms with Crippen LogP contribution in [-0.2, 0) is 9.59 Å². The summed E-state index contributed by atoms with van der Waals surface area (Å²) < 4.78 is 0. The minimum Gasteiger partial charge on any atom is -0.401 e. The Morgan fingerprint density at radius 1 is 1.65 bits per heavy atom. The Bertz CT molecular complexity index is 492. The van der Waals surface area contributed by atoms with E-state index in [1.807, 2.05) is 6.07 Å². The van der Waals surface area contributed by atoms with E-state index >= 15 is 0 Å². The first-order valence-corrected chi connectivity index (χ1v) is 5.08. The molecule has 2 rings (SSSR count). The van der Waals surface area contributed by atoms with E-state index in [1.165, 1.54) is 0 Å². The first kappa shape index (κ1) is 11.4. The Morgan fingerprint density at radius 2 is 2.24 bits per heavy atom. The van der Waals surface area contributed by atoms with E-state index in [1.54, 1.807) is 6.92 Å². The van der Waals surface area contributed by atoms with Crippen LogP contribution >= 0.6 is 0 Å². The van der Waals surface area contributed by atoms with Gasteiger partial charge >= 0.3 is 0 Å². The third kappa shape index (κ3) is 1.08. The maximum atomic E-state index is 11.9. The topological polar surface area (TPSA) is 142 Å². The summed E-state index contributed by atoms with van der Waals surface area (Å²) in [6.45, 7) is 1.60. The van der Waals surface area contributed by atoms with Gasteiger partial charge < -0.3 is 21.9 Å². The van der Waals surface area contributed by atoms with Crippen LogP contribution in [0.5, 0.6) is 0 Å². The maximum Gasteiger partial charge on any atom is 0.248 e. The number of amides is 2. The van der Waals surface area contributed by atoms with Gasteiger partial charge in [-0.15, -0.1) is 0 Å². The van der Waals surface area contributed by atoms with Crippen LogP contribution in [-0.4, -0.2) is 23.1 Å². The Labute approximate surface area is 97.1 Å². The molecule has 1 aliphatic heterocycles. The molecule has 4 atom stereocenters. The van der Waals surface area contributed by atoms with Gasteiger partial charge in [0.05, 0.1) is 11.6 Å². The van der Waals surface area contributed by atoms with Crippen LogP contribution in [0, 0.1) is 28.6 Å². The molecule has 1 aliphatic carbocycles. The maximum absolute atomic E-state index is 11.9. The summed E-state index contributed by atoms with van der Waals surface area (Å²) in [5, 5.41) is 21.2. The highest BCUT2D eigenvalue weighted by molar-refractivity contribution is 6.06. The number of nitrogens with one attached hydrogen (secondary N) is 1. The lowest BCUT2D eigenvalue weighted by molar-refractivity contribution is -0.139. The Balaban J connectivity index is 2.73. The fourth-order valence-electron chi connectivity index (χ4n) is 2.81. The van der Waals surface area contributed by atoms with E-state index < -0.39 is 35.3 Å². The van der Waals surface area contributed by atoms with Crippen LogP contribution in [0.25, 0.3) is 0 Å². The van der Waals surface area contributed by atoms with Crippen LogP contribution in [0.1, 0.15) is 6.92 Å². The van der Waals surface area contributed by atoms with Crippen molar-refractivity contribution < 1.29 is 14.7 Å². The largest absolute Gasteiger partial charge is 0.401 e. The summed E-state index contributed by atoms with van der Waals surface area (Å²) in [6, 6.07) is 1.83. The van der Waals surface area contributed by atoms with Crippen molar-refractivity contribution in [3.05, 3.63) is 11.3 Å². The average Bonchev–Trinajstić information content (AvgIpc) is 2.40. The summed E-state index contributed by atoms with van der Waals surface area (Å²) in [5.74, 6) is -2.87. The van der Waals surface area contributed by atoms with Crippen LogP contribution in [0.4, 0.5) is 0 Å². The smallest absolute Gasteiger partial charge is 0.248 e. The van der Waals surface area contributed by atoms with Gasteiger partial charge in [-0.1, -0.05) is 6.92 Å². The van der Waals surface area contributed by atoms with Crippen molar-refractivity contribution in [3.63, 3.8) is 0 Å². The molecule has 0 aromatic heterocycles. The van der Waals surface area contributed by atoms with Crippen molar-refractivity contribution >= 4 is 11.8 Å². The third-order valence-corrected chi connectivity index (χ3v) is 3.66. The van der Waals surface area contributed by atoms with Gasteiger partial charge in [-0.05, 0) is 0 Å². The molecule has 6 N–H and O–H groups in total. The number of nitriles is 1. The van der Waals surface area contributed by atoms with E-state index in [0.717, 1.165) is 0 Å². The van der Waals surface area contributed by atoms with Gasteiger partial charge in [0, 0.05) is 17.5 Å². The molecule has 0 radical (unpaired) electrons. The van der Waals surface area contributed by atoms with Crippen molar-refractivity contribution in [2.45, 2.75) is 13.2 Å². The second-order valence-electron chi connectivity index (χ2n) is 4.35. The predicted octanol–water partition coefficient (Wildman–Crippen LogP) is -2.09. The number of aliphatic hydroxyl groups excluding tert-OH is 1. The second kappa shape index (κ2) is 3.21. The van der Waals surface area contributed by atoms with Gasteiger partial charge in [0.2, 0.25) is 11.8 Å². The monoisotopic (exact) mass is 236 g/mol. The van der Waals surface area contributed by atoms with Crippen LogP contribution in [0.15, 0.2) is 11.3 Å². The Morgan fingerprint density at radius 3 is 2.71 bits per heavy atom. The molecule has 17 heavy (non-hydrogen) atoms. The number of carbonyl (C=O) groups excluding carboxylic acids is 2. The predicted molar refractivity (Wildman–Crippen MR) is 55.3 cm³/mol. The summed E-state index contributed by atoms with van der Waals surface area (Å²) in [7, 11) is 0. The zero-order valence-electron chi connectivity index (χ0n) is 9.10. The first-order valence-electron chi connectivity index (χ1n) is 5.08. The molecule has 2 amide bonds. The summed E-state index contributed by atoms with van der Waals surface area (Å²) >= 11 is 0. The van der Waals surface area contributed by atoms with Gasteiger partial charge in [-0.2, -0.15) is 5.26 Å². The highest BCUT2D eigenvalue weighted by Gasteiger charge is 2.63. The Hall–Kier alpha value is -2.07. The number of primary amides is 1. The molecule has 2 aliphatic rings. The number of carbonyl (C=O) groups is 2. The van der Waals surface area contributed by atoms with Crippen LogP contribution < -0.4 is 16.8 Å². The molecule has 0 aromatic carbocycles. The van der Waals surface area contributed by atoms with Crippen LogP contribution in [0.3, 0.4) is 0 Å². The minimum absolute atomic E-state index is 0.0254. The number of rotatable bonds is 1. The minimum atomic E-state index is -1.68. The number of hydrogen-bond donors (Lipinski definition) is 4. The number of aliphatic hydroxyl groups is 1. The summed E-state index contributed by atoms with van der Waals surface area (Å²) in [4.78, 5) is 23.3. The quantitative estimate of drug-likeness (QED) is 0.413. The summed E-state index contributed by atoms with van der Waals surface area (Å²) in [6.07, 6.45) is -1.20. The fraction of sp³-hybridized carbons (Fsp3) is 0.500. The highest BCUT2D eigenvalue weighted by Crippen LogP contribution is 2.52. The highest BCUT2D eigenvalue weighted by atomic mass is 16.3. The van der Waals surface area contributed by atoms with Gasteiger partial charge in [-0.3, -0.25) is 9.59 Å². The van der Waals surface area contributed by atoms with Gasteiger partial charge in [0.25, 0.3) is 0 Å². The van der Waals surface area contributed by atoms with Crippen molar-refractivity contribution in [1.29, 1.82) is 5.26 Å². The molecular weight excluding hydrogens is 224 g/mol. The van der Waals surface area contributed by atoms with Crippen molar-refractivity contribution in [1.82, 2.24) is 5.32 Å². The first-order chi connectivity index (χ1) is 7.87. The molecule has 1 saturated heterocycles. The van der Waals surface area contributed by atoms with E-state index in [4.69, 9.17) is 11.5 Å². The molecule has 4 unspecified atom stereocenters. The fourth-order valence-corrected chi connectivity index (χ4v) is 2.81. The third-order valence-electron chi connectivity index (χ3n) is 3.66. The lowest BCUT2D eigenvalue weighted by Gasteiger charge is -2.37. The van der Waals surface area contributed by atoms with Gasteiger partial charge in [0.1, 0.15) is 6.23 Å². The molecule has 0 spiro atoms. The number of nitrogens with two attached hydrogens (primary N) is 2. The van der Waals surface area contributed by atoms with Crippen molar-refractivity contribution in [3.8, 4) is 6.07 Å². The standard InChI is InChI=1S/C10H12N4O3/c1-3-4-6(12)5(7(13)15)10(3,2-11)9(17)14-8(4)16/h3-4,8,16H,12H2,1H3,(H2,13,15)(H,14,17). The van der Waals surface area contributed by atoms with Gasteiger partial charge in [0.15, 0.2) is 5.41 Å². The average molecular weight is 236 g/mol. The normalized spacial score (nSPS) is 39.8. The van der Waals surface area contributed by atoms with E-state index in [0.29, 0.717) is 0 Å². The van der Waals surface area contributed by atoms with E-state index in [2.05, 4.69) is 5.32 Å². The second-order valence-corrected chi connectivity index (χ2v) is 4.35. The molecule has 7 heteroatoms. The Kier molecular flexibility index (Phi) is 2.16.